The third kappa shape index (κ3) is 5.30. The van der Waals surface area contributed by atoms with Crippen LogP contribution in [0.2, 0.25) is 0 Å². The highest BCUT2D eigenvalue weighted by molar-refractivity contribution is 5.76. The monoisotopic (exact) mass is 265 g/mol. The van der Waals surface area contributed by atoms with Crippen molar-refractivity contribution in [1.29, 1.82) is 0 Å². The van der Waals surface area contributed by atoms with Crippen molar-refractivity contribution in [3.05, 3.63) is 29.8 Å². The fourth-order valence-corrected chi connectivity index (χ4v) is 1.70. The average Bonchev–Trinajstić information content (AvgIpc) is 2.42. The Balaban J connectivity index is 2.38. The number of methoxy groups -OCH3 is 1. The number of hydrogen-bond donors (Lipinski definition) is 2. The molecular weight excluding hydrogens is 242 g/mol. The highest BCUT2D eigenvalue weighted by atomic mass is 16.5. The third-order valence-corrected chi connectivity index (χ3v) is 3.09. The molecule has 4 heteroatoms. The second kappa shape index (κ2) is 7.79. The molecule has 0 aliphatic rings. The van der Waals surface area contributed by atoms with E-state index in [9.17, 15) is 9.90 Å². The molecule has 106 valence electrons. The molecule has 2 N–H and O–H groups in total. The first-order valence-corrected chi connectivity index (χ1v) is 6.61. The van der Waals surface area contributed by atoms with Gasteiger partial charge in [-0.25, -0.2) is 0 Å². The molecule has 0 aromatic heterocycles. The Labute approximate surface area is 114 Å². The summed E-state index contributed by atoms with van der Waals surface area (Å²) in [4.78, 5) is 11.7. The highest BCUT2D eigenvalue weighted by Gasteiger charge is 2.11. The number of para-hydroxylation sites is 1. The van der Waals surface area contributed by atoms with Crippen molar-refractivity contribution in [3.8, 4) is 5.75 Å². The lowest BCUT2D eigenvalue weighted by molar-refractivity contribution is -0.121. The van der Waals surface area contributed by atoms with Crippen molar-refractivity contribution in [2.45, 2.75) is 32.8 Å². The van der Waals surface area contributed by atoms with Gasteiger partial charge in [0, 0.05) is 13.0 Å². The van der Waals surface area contributed by atoms with Crippen LogP contribution in [0.15, 0.2) is 24.3 Å². The van der Waals surface area contributed by atoms with E-state index in [2.05, 4.69) is 5.32 Å². The summed E-state index contributed by atoms with van der Waals surface area (Å²) in [6.45, 7) is 4.15. The molecule has 19 heavy (non-hydrogen) atoms. The number of aliphatic hydroxyl groups excluding tert-OH is 1. The molecule has 0 spiro atoms. The number of hydrogen-bond acceptors (Lipinski definition) is 3. The summed E-state index contributed by atoms with van der Waals surface area (Å²) in [5.74, 6) is 0.901. The van der Waals surface area contributed by atoms with Crippen molar-refractivity contribution < 1.29 is 14.6 Å². The zero-order chi connectivity index (χ0) is 14.3. The Bertz CT molecular complexity index is 404. The van der Waals surface area contributed by atoms with Crippen LogP contribution in [0.3, 0.4) is 0 Å². The molecule has 0 saturated carbocycles. The van der Waals surface area contributed by atoms with Crippen LogP contribution in [0.4, 0.5) is 0 Å². The largest absolute Gasteiger partial charge is 0.496 e. The van der Waals surface area contributed by atoms with Gasteiger partial charge in [-0.3, -0.25) is 4.79 Å². The highest BCUT2D eigenvalue weighted by Crippen LogP contribution is 2.18. The van der Waals surface area contributed by atoms with Crippen molar-refractivity contribution in [2.75, 3.05) is 13.7 Å². The Morgan fingerprint density at radius 3 is 2.68 bits per heavy atom. The van der Waals surface area contributed by atoms with E-state index in [-0.39, 0.29) is 11.8 Å². The lowest BCUT2D eigenvalue weighted by Gasteiger charge is -2.15. The molecule has 0 bridgehead atoms. The van der Waals surface area contributed by atoms with Gasteiger partial charge in [0.15, 0.2) is 0 Å². The van der Waals surface area contributed by atoms with Gasteiger partial charge in [-0.1, -0.05) is 32.0 Å². The number of ether oxygens (including phenoxy) is 1. The zero-order valence-electron chi connectivity index (χ0n) is 11.8. The van der Waals surface area contributed by atoms with E-state index in [4.69, 9.17) is 4.74 Å². The Hall–Kier alpha value is -1.55. The molecule has 0 radical (unpaired) electrons. The van der Waals surface area contributed by atoms with Crippen LogP contribution < -0.4 is 10.1 Å². The molecule has 1 aromatic carbocycles. The number of rotatable bonds is 7. The van der Waals surface area contributed by atoms with Gasteiger partial charge >= 0.3 is 0 Å². The Morgan fingerprint density at radius 1 is 1.37 bits per heavy atom. The molecule has 0 saturated heterocycles. The molecule has 0 fully saturated rings. The van der Waals surface area contributed by atoms with E-state index in [1.54, 1.807) is 7.11 Å². The van der Waals surface area contributed by atoms with Crippen molar-refractivity contribution in [3.63, 3.8) is 0 Å². The van der Waals surface area contributed by atoms with Crippen molar-refractivity contribution in [2.24, 2.45) is 5.92 Å². The maximum atomic E-state index is 11.7. The molecule has 1 unspecified atom stereocenters. The summed E-state index contributed by atoms with van der Waals surface area (Å²) in [5.41, 5.74) is 1.02. The van der Waals surface area contributed by atoms with E-state index < -0.39 is 6.10 Å². The molecule has 0 aliphatic heterocycles. The summed E-state index contributed by atoms with van der Waals surface area (Å²) in [7, 11) is 1.62. The van der Waals surface area contributed by atoms with Crippen LogP contribution in [0.5, 0.6) is 5.75 Å². The standard InChI is InChI=1S/C15H23NO3/c1-11(2)13(17)10-16-15(18)9-8-12-6-4-5-7-14(12)19-3/h4-7,11,13,17H,8-10H2,1-3H3,(H,16,18). The van der Waals surface area contributed by atoms with Gasteiger partial charge in [0.05, 0.1) is 13.2 Å². The van der Waals surface area contributed by atoms with Crippen molar-refractivity contribution in [1.82, 2.24) is 5.32 Å². The Kier molecular flexibility index (Phi) is 6.36. The molecule has 4 nitrogen and oxygen atoms in total. The van der Waals surface area contributed by atoms with E-state index in [0.717, 1.165) is 11.3 Å². The first-order chi connectivity index (χ1) is 9.04. The van der Waals surface area contributed by atoms with Gasteiger partial charge in [-0.2, -0.15) is 0 Å². The molecule has 1 aromatic rings. The zero-order valence-corrected chi connectivity index (χ0v) is 11.8. The van der Waals surface area contributed by atoms with Crippen LogP contribution >= 0.6 is 0 Å². The fraction of sp³-hybridized carbons (Fsp3) is 0.533. The lowest BCUT2D eigenvalue weighted by Crippen LogP contribution is -2.34. The molecule has 1 rings (SSSR count). The summed E-state index contributed by atoms with van der Waals surface area (Å²) in [5, 5.41) is 12.3. The molecule has 1 amide bonds. The van der Waals surface area contributed by atoms with Crippen LogP contribution in [0, 0.1) is 5.92 Å². The maximum absolute atomic E-state index is 11.7. The summed E-state index contributed by atoms with van der Waals surface area (Å²) in [6.07, 6.45) is 0.536. The predicted molar refractivity (Wildman–Crippen MR) is 75.2 cm³/mol. The van der Waals surface area contributed by atoms with Gasteiger partial charge in [0.1, 0.15) is 5.75 Å². The average molecular weight is 265 g/mol. The minimum Gasteiger partial charge on any atom is -0.496 e. The van der Waals surface area contributed by atoms with E-state index in [0.29, 0.717) is 19.4 Å². The normalized spacial score (nSPS) is 12.3. The molecule has 1 atom stereocenters. The second-order valence-corrected chi connectivity index (χ2v) is 4.93. The van der Waals surface area contributed by atoms with Crippen molar-refractivity contribution >= 4 is 5.91 Å². The van der Waals surface area contributed by atoms with Gasteiger partial charge in [-0.15, -0.1) is 0 Å². The summed E-state index contributed by atoms with van der Waals surface area (Å²) in [6, 6.07) is 7.67. The SMILES string of the molecule is COc1ccccc1CCC(=O)NCC(O)C(C)C. The van der Waals surface area contributed by atoms with E-state index in [1.165, 1.54) is 0 Å². The Morgan fingerprint density at radius 2 is 2.05 bits per heavy atom. The first-order valence-electron chi connectivity index (χ1n) is 6.61. The van der Waals surface area contributed by atoms with E-state index >= 15 is 0 Å². The number of carbonyl (C=O) groups is 1. The second-order valence-electron chi connectivity index (χ2n) is 4.93. The van der Waals surface area contributed by atoms with Gasteiger partial charge in [-0.05, 0) is 24.0 Å². The predicted octanol–water partition coefficient (Wildman–Crippen LogP) is 1.76. The van der Waals surface area contributed by atoms with Crippen LogP contribution in [0.1, 0.15) is 25.8 Å². The molecular formula is C15H23NO3. The fourth-order valence-electron chi connectivity index (χ4n) is 1.70. The number of benzene rings is 1. The lowest BCUT2D eigenvalue weighted by atomic mass is 10.1. The number of carbonyl (C=O) groups excluding carboxylic acids is 1. The van der Waals surface area contributed by atoms with E-state index in [1.807, 2.05) is 38.1 Å². The van der Waals surface area contributed by atoms with Gasteiger partial charge in [0.25, 0.3) is 0 Å². The van der Waals surface area contributed by atoms with Crippen LogP contribution in [0.25, 0.3) is 0 Å². The third-order valence-electron chi connectivity index (χ3n) is 3.09. The topological polar surface area (TPSA) is 58.6 Å². The number of amides is 1. The molecule has 0 aliphatic carbocycles. The number of nitrogens with one attached hydrogen (secondary N) is 1. The van der Waals surface area contributed by atoms with Gasteiger partial charge < -0.3 is 15.2 Å². The van der Waals surface area contributed by atoms with Crippen LogP contribution in [-0.2, 0) is 11.2 Å². The smallest absolute Gasteiger partial charge is 0.220 e. The number of aryl methyl sites for hydroxylation is 1. The maximum Gasteiger partial charge on any atom is 0.220 e. The quantitative estimate of drug-likeness (QED) is 0.790. The first kappa shape index (κ1) is 15.5. The minimum atomic E-state index is -0.491. The summed E-state index contributed by atoms with van der Waals surface area (Å²) >= 11 is 0. The van der Waals surface area contributed by atoms with Crippen LogP contribution in [-0.4, -0.2) is 30.8 Å². The molecule has 0 heterocycles. The van der Waals surface area contributed by atoms with Gasteiger partial charge in [0.2, 0.25) is 5.91 Å². The summed E-state index contributed by atoms with van der Waals surface area (Å²) < 4.78 is 5.24. The number of aliphatic hydroxyl groups is 1. The minimum absolute atomic E-state index is 0.0504.